The number of urea groups is 1. The number of benzene rings is 1. The highest BCUT2D eigenvalue weighted by molar-refractivity contribution is 5.75. The standard InChI is InChI=1S/C21H26N4O2/c1-21(2)15-25(13-16-7-3-4-8-18(16)27-21)20(26)23-17-10-12-24(14-17)19-9-5-6-11-22-19/h3-9,11,17H,10,12-15H2,1-2H3,(H,23,26). The number of pyridine rings is 1. The first-order valence-corrected chi connectivity index (χ1v) is 9.48. The number of carbonyl (C=O) groups is 1. The van der Waals surface area contributed by atoms with Crippen molar-refractivity contribution in [3.8, 4) is 5.75 Å². The predicted molar refractivity (Wildman–Crippen MR) is 105 cm³/mol. The summed E-state index contributed by atoms with van der Waals surface area (Å²) in [5, 5.41) is 3.21. The molecule has 0 saturated carbocycles. The molecule has 2 aliphatic rings. The summed E-state index contributed by atoms with van der Waals surface area (Å²) in [6.45, 7) is 6.83. The van der Waals surface area contributed by atoms with Gasteiger partial charge in [0.1, 0.15) is 17.2 Å². The van der Waals surface area contributed by atoms with Crippen LogP contribution < -0.4 is 15.0 Å². The van der Waals surface area contributed by atoms with Crippen LogP contribution in [0.15, 0.2) is 48.7 Å². The smallest absolute Gasteiger partial charge is 0.318 e. The van der Waals surface area contributed by atoms with Gasteiger partial charge in [-0.05, 0) is 38.5 Å². The largest absolute Gasteiger partial charge is 0.486 e. The fraction of sp³-hybridized carbons (Fsp3) is 0.429. The van der Waals surface area contributed by atoms with Crippen LogP contribution in [-0.2, 0) is 6.54 Å². The Morgan fingerprint density at radius 3 is 2.85 bits per heavy atom. The number of para-hydroxylation sites is 1. The van der Waals surface area contributed by atoms with E-state index in [1.54, 1.807) is 6.20 Å². The molecule has 1 N–H and O–H groups in total. The van der Waals surface area contributed by atoms with Crippen molar-refractivity contribution in [3.63, 3.8) is 0 Å². The van der Waals surface area contributed by atoms with Crippen LogP contribution in [0.4, 0.5) is 10.6 Å². The number of nitrogens with zero attached hydrogens (tertiary/aromatic N) is 3. The lowest BCUT2D eigenvalue weighted by Crippen LogP contribution is -2.50. The fourth-order valence-corrected chi connectivity index (χ4v) is 3.82. The highest BCUT2D eigenvalue weighted by Crippen LogP contribution is 2.29. The number of hydrogen-bond acceptors (Lipinski definition) is 4. The first-order valence-electron chi connectivity index (χ1n) is 9.48. The van der Waals surface area contributed by atoms with Crippen LogP contribution in [0, 0.1) is 0 Å². The van der Waals surface area contributed by atoms with E-state index in [-0.39, 0.29) is 12.1 Å². The molecule has 6 heteroatoms. The summed E-state index contributed by atoms with van der Waals surface area (Å²) in [6, 6.07) is 14.0. The Balaban J connectivity index is 1.42. The summed E-state index contributed by atoms with van der Waals surface area (Å²) in [5.41, 5.74) is 0.611. The zero-order valence-corrected chi connectivity index (χ0v) is 15.9. The molecule has 1 atom stereocenters. The van der Waals surface area contributed by atoms with Crippen LogP contribution in [0.25, 0.3) is 0 Å². The number of hydrogen-bond donors (Lipinski definition) is 1. The molecule has 3 heterocycles. The van der Waals surface area contributed by atoms with E-state index >= 15 is 0 Å². The van der Waals surface area contributed by atoms with E-state index in [9.17, 15) is 4.79 Å². The Bertz CT molecular complexity index is 809. The van der Waals surface area contributed by atoms with E-state index in [4.69, 9.17) is 4.74 Å². The summed E-state index contributed by atoms with van der Waals surface area (Å²) in [4.78, 5) is 21.5. The molecular formula is C21H26N4O2. The highest BCUT2D eigenvalue weighted by Gasteiger charge is 2.33. The quantitative estimate of drug-likeness (QED) is 0.888. The molecule has 27 heavy (non-hydrogen) atoms. The summed E-state index contributed by atoms with van der Waals surface area (Å²) >= 11 is 0. The lowest BCUT2D eigenvalue weighted by Gasteiger charge is -2.30. The van der Waals surface area contributed by atoms with Crippen molar-refractivity contribution in [2.75, 3.05) is 24.5 Å². The molecule has 0 radical (unpaired) electrons. The molecule has 2 amide bonds. The van der Waals surface area contributed by atoms with Crippen LogP contribution in [-0.4, -0.2) is 47.2 Å². The number of aromatic nitrogens is 1. The molecule has 0 bridgehead atoms. The van der Waals surface area contributed by atoms with Crippen LogP contribution in [0.2, 0.25) is 0 Å². The van der Waals surface area contributed by atoms with Crippen molar-refractivity contribution in [2.45, 2.75) is 38.5 Å². The van der Waals surface area contributed by atoms with Gasteiger partial charge in [0, 0.05) is 30.9 Å². The highest BCUT2D eigenvalue weighted by atomic mass is 16.5. The van der Waals surface area contributed by atoms with Gasteiger partial charge in [-0.3, -0.25) is 0 Å². The molecule has 1 aromatic carbocycles. The first kappa shape index (κ1) is 17.6. The molecule has 1 unspecified atom stereocenters. The summed E-state index contributed by atoms with van der Waals surface area (Å²) in [5.74, 6) is 1.83. The second kappa shape index (κ2) is 7.10. The van der Waals surface area contributed by atoms with Crippen molar-refractivity contribution in [2.24, 2.45) is 0 Å². The fourth-order valence-electron chi connectivity index (χ4n) is 3.82. The van der Waals surface area contributed by atoms with Gasteiger partial charge < -0.3 is 19.9 Å². The van der Waals surface area contributed by atoms with Crippen molar-refractivity contribution < 1.29 is 9.53 Å². The van der Waals surface area contributed by atoms with Crippen LogP contribution in [0.5, 0.6) is 5.75 Å². The monoisotopic (exact) mass is 366 g/mol. The third-order valence-corrected chi connectivity index (χ3v) is 5.07. The van der Waals surface area contributed by atoms with E-state index < -0.39 is 5.60 Å². The van der Waals surface area contributed by atoms with Gasteiger partial charge >= 0.3 is 6.03 Å². The zero-order valence-electron chi connectivity index (χ0n) is 15.9. The number of nitrogens with one attached hydrogen (secondary N) is 1. The molecule has 4 rings (SSSR count). The number of amides is 2. The van der Waals surface area contributed by atoms with Gasteiger partial charge in [-0.1, -0.05) is 24.3 Å². The van der Waals surface area contributed by atoms with Gasteiger partial charge in [0.25, 0.3) is 0 Å². The lowest BCUT2D eigenvalue weighted by atomic mass is 10.1. The van der Waals surface area contributed by atoms with E-state index in [1.165, 1.54) is 0 Å². The van der Waals surface area contributed by atoms with Crippen molar-refractivity contribution in [1.82, 2.24) is 15.2 Å². The molecule has 1 saturated heterocycles. The van der Waals surface area contributed by atoms with Gasteiger partial charge in [0.05, 0.1) is 13.1 Å². The number of carbonyl (C=O) groups excluding carboxylic acids is 1. The molecule has 0 spiro atoms. The van der Waals surface area contributed by atoms with Crippen molar-refractivity contribution in [1.29, 1.82) is 0 Å². The summed E-state index contributed by atoms with van der Waals surface area (Å²) < 4.78 is 6.13. The minimum absolute atomic E-state index is 0.0313. The second-order valence-corrected chi connectivity index (χ2v) is 7.89. The van der Waals surface area contributed by atoms with Gasteiger partial charge in [0.15, 0.2) is 0 Å². The normalized spacial score (nSPS) is 21.2. The number of anilines is 1. The molecular weight excluding hydrogens is 340 g/mol. The average Bonchev–Trinajstić information content (AvgIpc) is 3.05. The van der Waals surface area contributed by atoms with E-state index in [2.05, 4.69) is 15.2 Å². The molecule has 142 valence electrons. The maximum atomic E-state index is 13.0. The van der Waals surface area contributed by atoms with E-state index in [1.807, 2.05) is 61.2 Å². The number of fused-ring (bicyclic) bond motifs is 1. The maximum Gasteiger partial charge on any atom is 0.318 e. The average molecular weight is 366 g/mol. The Morgan fingerprint density at radius 2 is 2.04 bits per heavy atom. The zero-order chi connectivity index (χ0) is 18.9. The molecule has 1 aromatic heterocycles. The molecule has 2 aromatic rings. The molecule has 6 nitrogen and oxygen atoms in total. The predicted octanol–water partition coefficient (Wildman–Crippen LogP) is 3.04. The van der Waals surface area contributed by atoms with Gasteiger partial charge in [-0.15, -0.1) is 0 Å². The van der Waals surface area contributed by atoms with E-state index in [0.717, 1.165) is 36.6 Å². The second-order valence-electron chi connectivity index (χ2n) is 7.89. The Labute approximate surface area is 160 Å². The van der Waals surface area contributed by atoms with Crippen molar-refractivity contribution >= 4 is 11.8 Å². The molecule has 1 fully saturated rings. The minimum atomic E-state index is -0.431. The van der Waals surface area contributed by atoms with Crippen LogP contribution >= 0.6 is 0 Å². The lowest BCUT2D eigenvalue weighted by molar-refractivity contribution is 0.0802. The topological polar surface area (TPSA) is 57.7 Å². The third kappa shape index (κ3) is 3.99. The van der Waals surface area contributed by atoms with Gasteiger partial charge in [-0.2, -0.15) is 0 Å². The molecule has 2 aliphatic heterocycles. The Kier molecular flexibility index (Phi) is 4.64. The third-order valence-electron chi connectivity index (χ3n) is 5.07. The number of rotatable bonds is 2. The van der Waals surface area contributed by atoms with E-state index in [0.29, 0.717) is 13.1 Å². The van der Waals surface area contributed by atoms with Gasteiger partial charge in [-0.25, -0.2) is 9.78 Å². The van der Waals surface area contributed by atoms with Crippen LogP contribution in [0.3, 0.4) is 0 Å². The Hall–Kier alpha value is -2.76. The van der Waals surface area contributed by atoms with Crippen molar-refractivity contribution in [3.05, 3.63) is 54.2 Å². The number of ether oxygens (including phenoxy) is 1. The minimum Gasteiger partial charge on any atom is -0.486 e. The van der Waals surface area contributed by atoms with Crippen LogP contribution in [0.1, 0.15) is 25.8 Å². The first-order chi connectivity index (χ1) is 13.0. The maximum absolute atomic E-state index is 13.0. The SMILES string of the molecule is CC1(C)CN(C(=O)NC2CCN(c3ccccn3)C2)Cc2ccccc2O1. The Morgan fingerprint density at radius 1 is 1.22 bits per heavy atom. The molecule has 0 aliphatic carbocycles. The summed E-state index contributed by atoms with van der Waals surface area (Å²) in [6.07, 6.45) is 2.73. The van der Waals surface area contributed by atoms with Gasteiger partial charge in [0.2, 0.25) is 0 Å². The summed E-state index contributed by atoms with van der Waals surface area (Å²) in [7, 11) is 0.